The molecule has 1 heterocycles. The number of piperazine rings is 1. The standard InChI is InChI=1S/C22H29N5O2.HI/c1-17-3-9-20(10-4-17)29-14-12-25-22(23-2)26-15-18-5-7-19(8-6-18)27-13-11-24-21(28)16-27;/h3-10H,11-16H2,1-2H3,(H,24,28)(H2,23,25,26);1H. The molecule has 8 heteroatoms. The molecule has 1 saturated heterocycles. The van der Waals surface area contributed by atoms with Gasteiger partial charge < -0.3 is 25.6 Å². The van der Waals surface area contributed by atoms with Crippen molar-refractivity contribution in [2.24, 2.45) is 4.99 Å². The van der Waals surface area contributed by atoms with E-state index in [2.05, 4.69) is 57.0 Å². The molecular formula is C22H30IN5O2. The molecule has 3 rings (SSSR count). The molecule has 162 valence electrons. The zero-order valence-electron chi connectivity index (χ0n) is 17.5. The molecule has 2 aromatic carbocycles. The van der Waals surface area contributed by atoms with Crippen LogP contribution in [0.5, 0.6) is 5.75 Å². The van der Waals surface area contributed by atoms with Crippen molar-refractivity contribution in [2.45, 2.75) is 13.5 Å². The number of benzene rings is 2. The van der Waals surface area contributed by atoms with Crippen LogP contribution in [0.1, 0.15) is 11.1 Å². The summed E-state index contributed by atoms with van der Waals surface area (Å²) < 4.78 is 5.72. The maximum absolute atomic E-state index is 11.5. The molecule has 1 fully saturated rings. The zero-order valence-corrected chi connectivity index (χ0v) is 19.8. The summed E-state index contributed by atoms with van der Waals surface area (Å²) in [7, 11) is 1.75. The predicted molar refractivity (Wildman–Crippen MR) is 132 cm³/mol. The van der Waals surface area contributed by atoms with E-state index in [1.54, 1.807) is 7.05 Å². The Bertz CT molecular complexity index is 824. The van der Waals surface area contributed by atoms with Gasteiger partial charge in [-0.05, 0) is 36.8 Å². The Hall–Kier alpha value is -2.49. The Labute approximate surface area is 195 Å². The van der Waals surface area contributed by atoms with Crippen molar-refractivity contribution >= 4 is 41.5 Å². The average molecular weight is 523 g/mol. The Morgan fingerprint density at radius 1 is 1.13 bits per heavy atom. The summed E-state index contributed by atoms with van der Waals surface area (Å²) >= 11 is 0. The molecule has 0 saturated carbocycles. The highest BCUT2D eigenvalue weighted by atomic mass is 127. The minimum absolute atomic E-state index is 0. The van der Waals surface area contributed by atoms with Crippen LogP contribution < -0.4 is 25.6 Å². The van der Waals surface area contributed by atoms with E-state index in [0.29, 0.717) is 32.8 Å². The Morgan fingerprint density at radius 3 is 2.53 bits per heavy atom. The summed E-state index contributed by atoms with van der Waals surface area (Å²) in [5, 5.41) is 9.40. The first-order valence-electron chi connectivity index (χ1n) is 9.88. The third kappa shape index (κ3) is 7.40. The number of carbonyl (C=O) groups is 1. The lowest BCUT2D eigenvalue weighted by Gasteiger charge is -2.28. The van der Waals surface area contributed by atoms with Crippen molar-refractivity contribution in [2.75, 3.05) is 44.7 Å². The highest BCUT2D eigenvalue weighted by Gasteiger charge is 2.16. The van der Waals surface area contributed by atoms with Gasteiger partial charge in [-0.1, -0.05) is 29.8 Å². The smallest absolute Gasteiger partial charge is 0.239 e. The zero-order chi connectivity index (χ0) is 20.5. The molecule has 1 aliphatic rings. The number of hydrogen-bond acceptors (Lipinski definition) is 4. The van der Waals surface area contributed by atoms with Crippen LogP contribution in [0.25, 0.3) is 0 Å². The first kappa shape index (κ1) is 23.8. The number of ether oxygens (including phenoxy) is 1. The SMILES string of the molecule is CN=C(NCCOc1ccc(C)cc1)NCc1ccc(N2CCNC(=O)C2)cc1.I. The molecule has 0 aliphatic carbocycles. The van der Waals surface area contributed by atoms with E-state index < -0.39 is 0 Å². The lowest BCUT2D eigenvalue weighted by molar-refractivity contribution is -0.120. The third-order valence-electron chi connectivity index (χ3n) is 4.71. The van der Waals surface area contributed by atoms with E-state index >= 15 is 0 Å². The molecule has 0 spiro atoms. The largest absolute Gasteiger partial charge is 0.492 e. The quantitative estimate of drug-likeness (QED) is 0.225. The van der Waals surface area contributed by atoms with E-state index in [1.807, 2.05) is 24.3 Å². The predicted octanol–water partition coefficient (Wildman–Crippen LogP) is 2.29. The molecular weight excluding hydrogens is 493 g/mol. The number of hydrogen-bond donors (Lipinski definition) is 3. The van der Waals surface area contributed by atoms with Gasteiger partial charge in [0.15, 0.2) is 5.96 Å². The molecule has 3 N–H and O–H groups in total. The van der Waals surface area contributed by atoms with Gasteiger partial charge in [0, 0.05) is 32.4 Å². The van der Waals surface area contributed by atoms with Crippen LogP contribution in [0.15, 0.2) is 53.5 Å². The minimum Gasteiger partial charge on any atom is -0.492 e. The number of aliphatic imine (C=N–C) groups is 1. The highest BCUT2D eigenvalue weighted by molar-refractivity contribution is 14.0. The van der Waals surface area contributed by atoms with E-state index in [0.717, 1.165) is 29.5 Å². The van der Waals surface area contributed by atoms with Crippen LogP contribution >= 0.6 is 24.0 Å². The van der Waals surface area contributed by atoms with Gasteiger partial charge in [-0.3, -0.25) is 9.79 Å². The van der Waals surface area contributed by atoms with Crippen LogP contribution in [-0.2, 0) is 11.3 Å². The molecule has 0 unspecified atom stereocenters. The Balaban J connectivity index is 0.00000320. The summed E-state index contributed by atoms with van der Waals surface area (Å²) in [6.07, 6.45) is 0. The van der Waals surface area contributed by atoms with Gasteiger partial charge in [-0.2, -0.15) is 0 Å². The Kier molecular flexibility index (Phi) is 9.72. The van der Waals surface area contributed by atoms with E-state index in [4.69, 9.17) is 4.74 Å². The van der Waals surface area contributed by atoms with Crippen molar-refractivity contribution in [1.29, 1.82) is 0 Å². The molecule has 0 bridgehead atoms. The number of nitrogens with one attached hydrogen (secondary N) is 3. The summed E-state index contributed by atoms with van der Waals surface area (Å²) in [5.41, 5.74) is 3.43. The van der Waals surface area contributed by atoms with Crippen molar-refractivity contribution < 1.29 is 9.53 Å². The first-order chi connectivity index (χ1) is 14.1. The van der Waals surface area contributed by atoms with Gasteiger partial charge in [-0.15, -0.1) is 24.0 Å². The first-order valence-corrected chi connectivity index (χ1v) is 9.88. The van der Waals surface area contributed by atoms with Crippen LogP contribution in [0, 0.1) is 6.92 Å². The summed E-state index contributed by atoms with van der Waals surface area (Å²) in [5.74, 6) is 1.67. The average Bonchev–Trinajstić information content (AvgIpc) is 2.75. The second-order valence-corrected chi connectivity index (χ2v) is 6.95. The molecule has 30 heavy (non-hydrogen) atoms. The second kappa shape index (κ2) is 12.3. The number of aryl methyl sites for hydroxylation is 1. The summed E-state index contributed by atoms with van der Waals surface area (Å²) in [4.78, 5) is 17.9. The van der Waals surface area contributed by atoms with Crippen LogP contribution in [0.3, 0.4) is 0 Å². The Morgan fingerprint density at radius 2 is 1.87 bits per heavy atom. The van der Waals surface area contributed by atoms with Crippen molar-refractivity contribution in [3.63, 3.8) is 0 Å². The fourth-order valence-electron chi connectivity index (χ4n) is 3.06. The normalized spacial score (nSPS) is 13.9. The molecule has 2 aromatic rings. The van der Waals surface area contributed by atoms with Gasteiger partial charge in [0.1, 0.15) is 12.4 Å². The summed E-state index contributed by atoms with van der Waals surface area (Å²) in [6.45, 7) is 5.88. The fourth-order valence-corrected chi connectivity index (χ4v) is 3.06. The maximum atomic E-state index is 11.5. The van der Waals surface area contributed by atoms with Gasteiger partial charge in [-0.25, -0.2) is 0 Å². The van der Waals surface area contributed by atoms with E-state index in [9.17, 15) is 4.79 Å². The third-order valence-corrected chi connectivity index (χ3v) is 4.71. The highest BCUT2D eigenvalue weighted by Crippen LogP contribution is 2.16. The van der Waals surface area contributed by atoms with Gasteiger partial charge >= 0.3 is 0 Å². The summed E-state index contributed by atoms with van der Waals surface area (Å²) in [6, 6.07) is 16.3. The molecule has 7 nitrogen and oxygen atoms in total. The fraction of sp³-hybridized carbons (Fsp3) is 0.364. The number of anilines is 1. The number of carbonyl (C=O) groups excluding carboxylic acids is 1. The minimum atomic E-state index is 0. The van der Waals surface area contributed by atoms with E-state index in [-0.39, 0.29) is 29.9 Å². The van der Waals surface area contributed by atoms with Gasteiger partial charge in [0.05, 0.1) is 13.1 Å². The maximum Gasteiger partial charge on any atom is 0.239 e. The molecule has 0 radical (unpaired) electrons. The second-order valence-electron chi connectivity index (χ2n) is 6.95. The van der Waals surface area contributed by atoms with Crippen molar-refractivity contribution in [3.05, 3.63) is 59.7 Å². The van der Waals surface area contributed by atoms with Crippen LogP contribution in [0.4, 0.5) is 5.69 Å². The van der Waals surface area contributed by atoms with Gasteiger partial charge in [0.2, 0.25) is 5.91 Å². The monoisotopic (exact) mass is 523 g/mol. The molecule has 1 aliphatic heterocycles. The number of nitrogens with zero attached hydrogens (tertiary/aromatic N) is 2. The van der Waals surface area contributed by atoms with Crippen molar-refractivity contribution in [3.8, 4) is 5.75 Å². The molecule has 0 atom stereocenters. The van der Waals surface area contributed by atoms with Gasteiger partial charge in [0.25, 0.3) is 0 Å². The number of amides is 1. The van der Waals surface area contributed by atoms with E-state index in [1.165, 1.54) is 5.56 Å². The van der Waals surface area contributed by atoms with Crippen LogP contribution in [0.2, 0.25) is 0 Å². The number of halogens is 1. The topological polar surface area (TPSA) is 78.0 Å². The van der Waals surface area contributed by atoms with Crippen molar-refractivity contribution in [1.82, 2.24) is 16.0 Å². The lowest BCUT2D eigenvalue weighted by Crippen LogP contribution is -2.47. The number of guanidine groups is 1. The van der Waals surface area contributed by atoms with Crippen LogP contribution in [-0.4, -0.2) is 51.7 Å². The molecule has 1 amide bonds. The number of rotatable bonds is 7. The molecule has 0 aromatic heterocycles. The lowest BCUT2D eigenvalue weighted by atomic mass is 10.2.